The van der Waals surface area contributed by atoms with Gasteiger partial charge in [0.1, 0.15) is 42.0 Å². The summed E-state index contributed by atoms with van der Waals surface area (Å²) in [7, 11) is 1.48. The van der Waals surface area contributed by atoms with Gasteiger partial charge in [-0.25, -0.2) is 0 Å². The second kappa shape index (κ2) is 27.1. The lowest BCUT2D eigenvalue weighted by molar-refractivity contribution is -0.139. The third-order valence-corrected chi connectivity index (χ3v) is 9.47. The van der Waals surface area contributed by atoms with Crippen LogP contribution in [-0.4, -0.2) is 131 Å². The third-order valence-electron chi connectivity index (χ3n) is 9.47. The number of hydrogen-bond acceptors (Lipinski definition) is 12. The van der Waals surface area contributed by atoms with Crippen LogP contribution in [0.3, 0.4) is 0 Å². The molecule has 0 aromatic heterocycles. The molecule has 0 fully saturated rings. The highest BCUT2D eigenvalue weighted by molar-refractivity contribution is 5.99. The summed E-state index contributed by atoms with van der Waals surface area (Å²) in [5.41, 5.74) is 6.44. The highest BCUT2D eigenvalue weighted by Gasteiger charge is 2.33. The van der Waals surface area contributed by atoms with E-state index in [2.05, 4.69) is 37.2 Å². The van der Waals surface area contributed by atoms with Crippen LogP contribution in [0.5, 0.6) is 5.75 Å². The van der Waals surface area contributed by atoms with Gasteiger partial charge in [-0.15, -0.1) is 0 Å². The molecule has 22 nitrogen and oxygen atoms in total. The van der Waals surface area contributed by atoms with Gasteiger partial charge in [-0.1, -0.05) is 44.2 Å². The van der Waals surface area contributed by atoms with Crippen LogP contribution in [0, 0.1) is 5.92 Å². The minimum Gasteiger partial charge on any atom is -0.497 e. The number of aliphatic hydroxyl groups excluding tert-OH is 1. The topological polar surface area (TPSA) is 351 Å². The first kappa shape index (κ1) is 53.0. The fraction of sp³-hybridized carbons (Fsp3) is 0.476. The number of amides is 8. The quantitative estimate of drug-likeness (QED) is 0.0451. The number of carboxylic acid groups (broad SMARTS) is 2. The van der Waals surface area contributed by atoms with E-state index in [0.717, 1.165) is 5.56 Å². The zero-order valence-electron chi connectivity index (χ0n) is 36.0. The Morgan fingerprint density at radius 2 is 1.11 bits per heavy atom. The number of carbonyl (C=O) groups excluding carboxylic acids is 8. The summed E-state index contributed by atoms with van der Waals surface area (Å²) >= 11 is 0. The number of aryl methyl sites for hydroxylation is 1. The second-order valence-electron chi connectivity index (χ2n) is 15.1. The molecule has 2 aromatic carbocycles. The summed E-state index contributed by atoms with van der Waals surface area (Å²) in [5, 5.41) is 45.3. The molecule has 0 saturated carbocycles. The fourth-order valence-electron chi connectivity index (χ4n) is 5.95. The number of rotatable bonds is 28. The molecule has 0 radical (unpaired) electrons. The van der Waals surface area contributed by atoms with Gasteiger partial charge in [0.15, 0.2) is 0 Å². The largest absolute Gasteiger partial charge is 0.497 e. The lowest BCUT2D eigenvalue weighted by atomic mass is 10.00. The summed E-state index contributed by atoms with van der Waals surface area (Å²) < 4.78 is 5.17. The van der Waals surface area contributed by atoms with Crippen molar-refractivity contribution in [2.24, 2.45) is 11.7 Å². The first-order valence-electron chi connectivity index (χ1n) is 20.4. The van der Waals surface area contributed by atoms with Crippen LogP contribution in [0.15, 0.2) is 54.6 Å². The zero-order valence-corrected chi connectivity index (χ0v) is 36.0. The van der Waals surface area contributed by atoms with E-state index in [0.29, 0.717) is 11.3 Å². The highest BCUT2D eigenvalue weighted by atomic mass is 16.5. The average Bonchev–Trinajstić information content (AvgIpc) is 3.25. The Morgan fingerprint density at radius 3 is 1.64 bits per heavy atom. The Balaban J connectivity index is 2.20. The number of aliphatic carboxylic acids is 2. The number of hydrogen-bond donors (Lipinski definition) is 11. The number of ether oxygens (including phenoxy) is 1. The highest BCUT2D eigenvalue weighted by Crippen LogP contribution is 2.15. The van der Waals surface area contributed by atoms with Gasteiger partial charge in [0, 0.05) is 18.4 Å². The molecule has 0 unspecified atom stereocenters. The van der Waals surface area contributed by atoms with Crippen LogP contribution < -0.4 is 47.7 Å². The van der Waals surface area contributed by atoms with Crippen molar-refractivity contribution in [1.29, 1.82) is 0 Å². The third kappa shape index (κ3) is 19.3. The van der Waals surface area contributed by atoms with Crippen molar-refractivity contribution in [3.8, 4) is 5.75 Å². The maximum Gasteiger partial charge on any atom is 0.303 e. The van der Waals surface area contributed by atoms with E-state index in [4.69, 9.17) is 15.6 Å². The number of carbonyl (C=O) groups is 10. The number of benzene rings is 2. The van der Waals surface area contributed by atoms with E-state index in [9.17, 15) is 58.2 Å². The Bertz CT molecular complexity index is 1950. The van der Waals surface area contributed by atoms with Crippen LogP contribution in [0.25, 0.3) is 0 Å². The van der Waals surface area contributed by atoms with Gasteiger partial charge in [0.2, 0.25) is 41.4 Å². The van der Waals surface area contributed by atoms with Crippen LogP contribution >= 0.6 is 0 Å². The van der Waals surface area contributed by atoms with E-state index >= 15 is 0 Å². The van der Waals surface area contributed by atoms with Gasteiger partial charge in [0.05, 0.1) is 20.3 Å². The number of methoxy groups -OCH3 is 1. The summed E-state index contributed by atoms with van der Waals surface area (Å²) in [6.45, 7) is 3.12. The minimum absolute atomic E-state index is 0.0173. The molecule has 0 saturated heterocycles. The van der Waals surface area contributed by atoms with E-state index in [-0.39, 0.29) is 31.6 Å². The van der Waals surface area contributed by atoms with E-state index in [1.54, 1.807) is 56.3 Å². The first-order chi connectivity index (χ1) is 30.2. The van der Waals surface area contributed by atoms with Crippen molar-refractivity contribution in [2.45, 2.75) is 102 Å². The summed E-state index contributed by atoms with van der Waals surface area (Å²) in [4.78, 5) is 127. The zero-order chi connectivity index (χ0) is 47.9. The summed E-state index contributed by atoms with van der Waals surface area (Å²) in [6.07, 6.45) is -1.76. The SMILES string of the molecule is COc1ccc(CC[C@H](NC(=O)[C@H](CC(C)C)NC(=O)[C@H](CO)NC(=O)[C@H](CCC(=O)O)NC(=O)CNC(=O)[C@H](C)NC(=O)c2ccccc2)C(=O)N[C@@H](CCC(=O)O)C(N)=O)cc1. The normalized spacial score (nSPS) is 13.6. The number of carboxylic acids is 2. The molecule has 0 aliphatic rings. The molecule has 0 heterocycles. The Morgan fingerprint density at radius 1 is 0.609 bits per heavy atom. The van der Waals surface area contributed by atoms with Gasteiger partial charge in [-0.05, 0) is 74.8 Å². The van der Waals surface area contributed by atoms with Crippen LogP contribution in [0.2, 0.25) is 0 Å². The molecule has 0 spiro atoms. The molecule has 6 atom stereocenters. The molecule has 350 valence electrons. The van der Waals surface area contributed by atoms with E-state index in [1.807, 2.05) is 0 Å². The lowest BCUT2D eigenvalue weighted by Gasteiger charge is -2.27. The minimum atomic E-state index is -1.74. The molecule has 0 aliphatic carbocycles. The van der Waals surface area contributed by atoms with Gasteiger partial charge in [0.25, 0.3) is 5.91 Å². The lowest BCUT2D eigenvalue weighted by Crippen LogP contribution is -2.60. The number of nitrogens with two attached hydrogens (primary N) is 1. The molecular weight excluding hydrogens is 841 g/mol. The Hall–Kier alpha value is -7.10. The van der Waals surface area contributed by atoms with Crippen molar-refractivity contribution >= 4 is 59.2 Å². The molecule has 22 heteroatoms. The van der Waals surface area contributed by atoms with Gasteiger partial charge < -0.3 is 63.0 Å². The fourth-order valence-corrected chi connectivity index (χ4v) is 5.95. The molecule has 0 aliphatic heterocycles. The number of primary amides is 1. The Labute approximate surface area is 369 Å². The van der Waals surface area contributed by atoms with Crippen molar-refractivity contribution in [3.63, 3.8) is 0 Å². The maximum absolute atomic E-state index is 13.8. The molecular formula is C42H58N8O14. The number of aliphatic hydroxyl groups is 1. The van der Waals surface area contributed by atoms with Crippen LogP contribution in [-0.2, 0) is 49.6 Å². The first-order valence-corrected chi connectivity index (χ1v) is 20.4. The van der Waals surface area contributed by atoms with Crippen LogP contribution in [0.1, 0.15) is 75.2 Å². The molecule has 2 aromatic rings. The van der Waals surface area contributed by atoms with E-state index in [1.165, 1.54) is 26.2 Å². The predicted molar refractivity (Wildman–Crippen MR) is 227 cm³/mol. The van der Waals surface area contributed by atoms with Crippen molar-refractivity contribution in [2.75, 3.05) is 20.3 Å². The van der Waals surface area contributed by atoms with Crippen LogP contribution in [0.4, 0.5) is 0 Å². The van der Waals surface area contributed by atoms with Gasteiger partial charge in [-0.2, -0.15) is 0 Å². The maximum atomic E-state index is 13.8. The molecule has 0 bridgehead atoms. The summed E-state index contributed by atoms with van der Waals surface area (Å²) in [6, 6.07) is 6.34. The summed E-state index contributed by atoms with van der Waals surface area (Å²) in [5.74, 6) is -9.40. The van der Waals surface area contributed by atoms with Gasteiger partial charge in [-0.3, -0.25) is 47.9 Å². The monoisotopic (exact) mass is 898 g/mol. The Kier molecular flexibility index (Phi) is 22.4. The molecule has 12 N–H and O–H groups in total. The standard InChI is InChI=1S/C42H58N8O14/c1-23(2)20-31(41(62)48-30(15-12-25-10-13-27(64-4)14-11-25)40(61)47-28(36(43)57)16-18-34(53)54)49-42(63)32(22-51)50-39(60)29(17-19-35(55)56)46-33(52)21-44-37(58)24(3)45-38(59)26-8-6-5-7-9-26/h5-11,13-14,23-24,28-32,51H,12,15-22H2,1-4H3,(H2,43,57)(H,44,58)(H,45,59)(H,46,52)(H,47,61)(H,48,62)(H,49,63)(H,50,60)(H,53,54)(H,55,56)/t24-,28-,29-,30-,31-,32-/m0/s1. The van der Waals surface area contributed by atoms with Crippen molar-refractivity contribution < 1.29 is 68.0 Å². The smallest absolute Gasteiger partial charge is 0.303 e. The van der Waals surface area contributed by atoms with E-state index < -0.39 is 128 Å². The van der Waals surface area contributed by atoms with Crippen molar-refractivity contribution in [1.82, 2.24) is 37.2 Å². The molecule has 2 rings (SSSR count). The van der Waals surface area contributed by atoms with Crippen molar-refractivity contribution in [3.05, 3.63) is 65.7 Å². The average molecular weight is 899 g/mol. The molecule has 64 heavy (non-hydrogen) atoms. The molecule has 8 amide bonds. The second-order valence-corrected chi connectivity index (χ2v) is 15.1. The number of nitrogens with one attached hydrogen (secondary N) is 7. The van der Waals surface area contributed by atoms with Gasteiger partial charge >= 0.3 is 11.9 Å². The predicted octanol–water partition coefficient (Wildman–Crippen LogP) is -1.76.